The molecule has 0 bridgehead atoms. The predicted molar refractivity (Wildman–Crippen MR) is 161 cm³/mol. The van der Waals surface area contributed by atoms with Gasteiger partial charge in [-0.15, -0.1) is 0 Å². The summed E-state index contributed by atoms with van der Waals surface area (Å²) in [6.45, 7) is 10.6. The fraction of sp³-hybridized carbons (Fsp3) is 0.0286. The molecule has 5 aromatic rings. The van der Waals surface area contributed by atoms with Gasteiger partial charge in [-0.25, -0.2) is 0 Å². The van der Waals surface area contributed by atoms with E-state index in [0.717, 1.165) is 33.7 Å². The highest BCUT2D eigenvalue weighted by atomic mass is 15.2. The Hall–Kier alpha value is -4.82. The lowest BCUT2D eigenvalue weighted by molar-refractivity contribution is 1.15. The molecule has 1 aromatic heterocycles. The predicted octanol–water partition coefficient (Wildman–Crippen LogP) is 9.49. The molecule has 2 heterocycles. The van der Waals surface area contributed by atoms with Crippen LogP contribution in [0.5, 0.6) is 0 Å². The zero-order valence-corrected chi connectivity index (χ0v) is 20.9. The molecule has 0 radical (unpaired) electrons. The summed E-state index contributed by atoms with van der Waals surface area (Å²) in [5, 5.41) is 4.88. The Morgan fingerprint density at radius 2 is 1.51 bits per heavy atom. The molecule has 0 unspecified atom stereocenters. The highest BCUT2D eigenvalue weighted by molar-refractivity contribution is 6.28. The first kappa shape index (κ1) is 22.6. The summed E-state index contributed by atoms with van der Waals surface area (Å²) in [6.07, 6.45) is 16.5. The van der Waals surface area contributed by atoms with E-state index in [2.05, 4.69) is 144 Å². The van der Waals surface area contributed by atoms with Crippen molar-refractivity contribution in [1.29, 1.82) is 0 Å². The highest BCUT2D eigenvalue weighted by Crippen LogP contribution is 2.48. The Morgan fingerprint density at radius 1 is 0.811 bits per heavy atom. The normalized spacial score (nSPS) is 15.8. The second-order valence-electron chi connectivity index (χ2n) is 9.10. The van der Waals surface area contributed by atoms with E-state index in [0.29, 0.717) is 0 Å². The number of rotatable bonds is 4. The van der Waals surface area contributed by atoms with Crippen molar-refractivity contribution >= 4 is 43.8 Å². The number of aromatic nitrogens is 1. The van der Waals surface area contributed by atoms with E-state index >= 15 is 0 Å². The van der Waals surface area contributed by atoms with Crippen LogP contribution >= 0.6 is 0 Å². The van der Waals surface area contributed by atoms with Crippen molar-refractivity contribution in [2.24, 2.45) is 0 Å². The summed E-state index contributed by atoms with van der Waals surface area (Å²) in [6, 6.07) is 28.0. The fourth-order valence-corrected chi connectivity index (χ4v) is 5.49. The molecule has 1 aliphatic rings. The largest absolute Gasteiger partial charge is 0.315 e. The molecule has 0 N–H and O–H groups in total. The lowest BCUT2D eigenvalue weighted by atomic mass is 9.91. The molecule has 0 spiro atoms. The number of benzene rings is 4. The molecule has 6 rings (SSSR count). The Morgan fingerprint density at radius 3 is 2.27 bits per heavy atom. The van der Waals surface area contributed by atoms with Gasteiger partial charge in [-0.3, -0.25) is 0 Å². The number of nitrogens with zero attached hydrogens (tertiary/aromatic N) is 2. The van der Waals surface area contributed by atoms with E-state index < -0.39 is 0 Å². The lowest BCUT2D eigenvalue weighted by Crippen LogP contribution is -2.18. The lowest BCUT2D eigenvalue weighted by Gasteiger charge is -2.29. The molecule has 178 valence electrons. The quantitative estimate of drug-likeness (QED) is 0.234. The number of fused-ring (bicyclic) bond motifs is 8. The van der Waals surface area contributed by atoms with Crippen LogP contribution in [0.2, 0.25) is 0 Å². The molecule has 0 atom stereocenters. The Labute approximate surface area is 217 Å². The van der Waals surface area contributed by atoms with Gasteiger partial charge >= 0.3 is 0 Å². The van der Waals surface area contributed by atoms with Crippen LogP contribution in [-0.4, -0.2) is 4.57 Å². The van der Waals surface area contributed by atoms with Gasteiger partial charge < -0.3 is 9.47 Å². The van der Waals surface area contributed by atoms with Crippen molar-refractivity contribution < 1.29 is 0 Å². The third kappa shape index (κ3) is 3.57. The number of para-hydroxylation sites is 2. The molecule has 1 aliphatic heterocycles. The van der Waals surface area contributed by atoms with E-state index in [9.17, 15) is 0 Å². The van der Waals surface area contributed by atoms with Gasteiger partial charge in [-0.1, -0.05) is 98.1 Å². The van der Waals surface area contributed by atoms with E-state index in [-0.39, 0.29) is 0 Å². The minimum absolute atomic E-state index is 0.978. The van der Waals surface area contributed by atoms with Gasteiger partial charge in [-0.05, 0) is 59.7 Å². The molecule has 4 aromatic carbocycles. The van der Waals surface area contributed by atoms with Crippen molar-refractivity contribution in [2.45, 2.75) is 6.92 Å². The number of allylic oxidation sites excluding steroid dienone is 8. The number of hydrogen-bond acceptors (Lipinski definition) is 1. The van der Waals surface area contributed by atoms with Crippen LogP contribution in [0.4, 0.5) is 5.69 Å². The first-order valence-electron chi connectivity index (χ1n) is 12.6. The van der Waals surface area contributed by atoms with Gasteiger partial charge in [0.1, 0.15) is 0 Å². The summed E-state index contributed by atoms with van der Waals surface area (Å²) >= 11 is 0. The maximum absolute atomic E-state index is 4.54. The average molecular weight is 477 g/mol. The first-order chi connectivity index (χ1) is 18.2. The van der Waals surface area contributed by atoms with Crippen LogP contribution < -0.4 is 4.90 Å². The van der Waals surface area contributed by atoms with Gasteiger partial charge in [0.15, 0.2) is 0 Å². The monoisotopic (exact) mass is 476 g/mol. The van der Waals surface area contributed by atoms with Gasteiger partial charge in [-0.2, -0.15) is 0 Å². The Kier molecular flexibility index (Phi) is 5.71. The van der Waals surface area contributed by atoms with Crippen LogP contribution in [0.3, 0.4) is 0 Å². The zero-order chi connectivity index (χ0) is 25.4. The van der Waals surface area contributed by atoms with Crippen LogP contribution in [0.1, 0.15) is 12.5 Å². The molecule has 0 aliphatic carbocycles. The maximum atomic E-state index is 4.54. The molecule has 37 heavy (non-hydrogen) atoms. The van der Waals surface area contributed by atoms with Crippen molar-refractivity contribution in [3.8, 4) is 5.69 Å². The van der Waals surface area contributed by atoms with E-state index in [1.165, 1.54) is 27.1 Å². The molecule has 0 saturated carbocycles. The minimum atomic E-state index is 0.978. The van der Waals surface area contributed by atoms with Crippen molar-refractivity contribution in [3.63, 3.8) is 0 Å². The smallest absolute Gasteiger partial charge is 0.0795 e. The second kappa shape index (κ2) is 9.33. The van der Waals surface area contributed by atoms with E-state index in [1.54, 1.807) is 0 Å². The summed E-state index contributed by atoms with van der Waals surface area (Å²) in [4.78, 5) is 2.28. The van der Waals surface area contributed by atoms with Crippen LogP contribution in [0.25, 0.3) is 43.8 Å². The highest BCUT2D eigenvalue weighted by Gasteiger charge is 2.26. The van der Waals surface area contributed by atoms with E-state index in [1.807, 2.05) is 13.0 Å². The molecule has 0 amide bonds. The summed E-state index contributed by atoms with van der Waals surface area (Å²) < 4.78 is 2.40. The third-order valence-corrected chi connectivity index (χ3v) is 6.93. The van der Waals surface area contributed by atoms with Gasteiger partial charge in [0.25, 0.3) is 0 Å². The van der Waals surface area contributed by atoms with Crippen LogP contribution in [0.15, 0.2) is 146 Å². The summed E-state index contributed by atoms with van der Waals surface area (Å²) in [5.74, 6) is 0. The zero-order valence-electron chi connectivity index (χ0n) is 20.9. The molecular weight excluding hydrogens is 448 g/mol. The van der Waals surface area contributed by atoms with Gasteiger partial charge in [0, 0.05) is 33.9 Å². The van der Waals surface area contributed by atoms with Crippen molar-refractivity contribution in [1.82, 2.24) is 4.57 Å². The standard InChI is InChI=1S/C35H28N2/c1-4-15-26(16-5-2)36-24-14-13-17-25(3)32-28-20-9-10-21-29(28)33-30-22-11-12-23-31(30)37(35(33)34(32)36)27-18-7-6-8-19-27/h4-24H,1,3H2,2H3/b16-5?,17-13-,24-14-,26-15+. The molecule has 2 heteroatoms. The second-order valence-corrected chi connectivity index (χ2v) is 9.10. The van der Waals surface area contributed by atoms with Crippen LogP contribution in [0, 0.1) is 0 Å². The average Bonchev–Trinajstić information content (AvgIpc) is 3.27. The number of anilines is 1. The maximum Gasteiger partial charge on any atom is 0.0795 e. The van der Waals surface area contributed by atoms with E-state index in [4.69, 9.17) is 0 Å². The van der Waals surface area contributed by atoms with Crippen molar-refractivity contribution in [2.75, 3.05) is 4.90 Å². The number of hydrogen-bond donors (Lipinski definition) is 0. The summed E-state index contributed by atoms with van der Waals surface area (Å²) in [7, 11) is 0. The first-order valence-corrected chi connectivity index (χ1v) is 12.6. The molecule has 2 nitrogen and oxygen atoms in total. The fourth-order valence-electron chi connectivity index (χ4n) is 5.49. The Bertz CT molecular complexity index is 1810. The SMILES string of the molecule is C=C/C=C(\C=CC)N1/C=C\C=C/C(=C)c2c1c1c(c3ccccc23)c2ccccc2n1-c1ccccc1. The molecule has 0 saturated heterocycles. The van der Waals surface area contributed by atoms with Crippen molar-refractivity contribution in [3.05, 3.63) is 152 Å². The summed E-state index contributed by atoms with van der Waals surface area (Å²) in [5.41, 5.74) is 7.69. The third-order valence-electron chi connectivity index (χ3n) is 6.93. The molecular formula is C35H28N2. The molecule has 0 fully saturated rings. The van der Waals surface area contributed by atoms with Gasteiger partial charge in [0.05, 0.1) is 16.7 Å². The minimum Gasteiger partial charge on any atom is -0.315 e. The van der Waals surface area contributed by atoms with Gasteiger partial charge in [0.2, 0.25) is 0 Å². The Balaban J connectivity index is 1.94. The topological polar surface area (TPSA) is 8.17 Å². The van der Waals surface area contributed by atoms with Crippen LogP contribution in [-0.2, 0) is 0 Å².